The van der Waals surface area contributed by atoms with Gasteiger partial charge in [-0.05, 0) is 19.4 Å². The molecule has 0 aliphatic heterocycles. The third kappa shape index (κ3) is 10.3. The minimum Gasteiger partial charge on any atom is -0.381 e. The van der Waals surface area contributed by atoms with Crippen molar-refractivity contribution in [2.75, 3.05) is 33.4 Å². The summed E-state index contributed by atoms with van der Waals surface area (Å²) in [5.41, 5.74) is 0. The van der Waals surface area contributed by atoms with E-state index in [9.17, 15) is 4.79 Å². The minimum absolute atomic E-state index is 0.200. The molecule has 0 aromatic carbocycles. The van der Waals surface area contributed by atoms with E-state index in [4.69, 9.17) is 4.74 Å². The lowest BCUT2D eigenvalue weighted by Crippen LogP contribution is -2.27. The minimum atomic E-state index is 0.200. The maximum absolute atomic E-state index is 11.3. The molecule has 0 spiro atoms. The predicted octanol–water partition coefficient (Wildman–Crippen LogP) is 1.65. The molecule has 0 aromatic heterocycles. The molecule has 17 heavy (non-hydrogen) atoms. The Morgan fingerprint density at radius 1 is 1.29 bits per heavy atom. The average Bonchev–Trinajstić information content (AvgIpc) is 2.30. The van der Waals surface area contributed by atoms with Crippen LogP contribution in [0.3, 0.4) is 0 Å². The van der Waals surface area contributed by atoms with E-state index in [1.807, 2.05) is 14.0 Å². The topological polar surface area (TPSA) is 41.6 Å². The van der Waals surface area contributed by atoms with Gasteiger partial charge in [-0.15, -0.1) is 0 Å². The molecular formula is C13H28N2O2. The molecule has 0 atom stereocenters. The van der Waals surface area contributed by atoms with E-state index in [1.165, 1.54) is 0 Å². The van der Waals surface area contributed by atoms with Crippen molar-refractivity contribution >= 4 is 5.91 Å². The van der Waals surface area contributed by atoms with E-state index in [2.05, 4.69) is 19.2 Å². The molecule has 0 heterocycles. The zero-order valence-electron chi connectivity index (χ0n) is 11.8. The molecule has 0 aromatic rings. The Balaban J connectivity index is 3.21. The number of carbonyl (C=O) groups excluding carboxylic acids is 1. The Kier molecular flexibility index (Phi) is 10.2. The molecule has 1 amide bonds. The Morgan fingerprint density at radius 3 is 2.53 bits per heavy atom. The molecule has 0 rings (SSSR count). The summed E-state index contributed by atoms with van der Waals surface area (Å²) in [7, 11) is 1.85. The van der Waals surface area contributed by atoms with Crippen LogP contribution in [-0.2, 0) is 9.53 Å². The quantitative estimate of drug-likeness (QED) is 0.594. The molecule has 0 saturated carbocycles. The summed E-state index contributed by atoms with van der Waals surface area (Å²) >= 11 is 0. The first-order chi connectivity index (χ1) is 8.07. The van der Waals surface area contributed by atoms with E-state index in [0.717, 1.165) is 39.1 Å². The van der Waals surface area contributed by atoms with Gasteiger partial charge >= 0.3 is 0 Å². The van der Waals surface area contributed by atoms with Gasteiger partial charge in [-0.3, -0.25) is 4.79 Å². The fourth-order valence-corrected chi connectivity index (χ4v) is 1.47. The van der Waals surface area contributed by atoms with Crippen molar-refractivity contribution in [1.82, 2.24) is 10.2 Å². The molecule has 0 aliphatic carbocycles. The Labute approximate surface area is 106 Å². The van der Waals surface area contributed by atoms with Gasteiger partial charge in [-0.25, -0.2) is 0 Å². The van der Waals surface area contributed by atoms with E-state index in [0.29, 0.717) is 12.5 Å². The number of hydrogen-bond acceptors (Lipinski definition) is 3. The Morgan fingerprint density at radius 2 is 1.94 bits per heavy atom. The monoisotopic (exact) mass is 244 g/mol. The largest absolute Gasteiger partial charge is 0.381 e. The molecule has 0 radical (unpaired) electrons. The average molecular weight is 244 g/mol. The molecule has 0 aliphatic rings. The number of carbonyl (C=O) groups is 1. The maximum Gasteiger partial charge on any atom is 0.222 e. The van der Waals surface area contributed by atoms with Gasteiger partial charge in [-0.1, -0.05) is 20.8 Å². The third-order valence-electron chi connectivity index (χ3n) is 2.53. The Hall–Kier alpha value is -0.610. The zero-order chi connectivity index (χ0) is 13.1. The number of rotatable bonds is 10. The van der Waals surface area contributed by atoms with Crippen LogP contribution in [0.25, 0.3) is 0 Å². The van der Waals surface area contributed by atoms with E-state index >= 15 is 0 Å². The van der Waals surface area contributed by atoms with Gasteiger partial charge in [0.05, 0.1) is 0 Å². The predicted molar refractivity (Wildman–Crippen MR) is 71.1 cm³/mol. The lowest BCUT2D eigenvalue weighted by atomic mass is 10.3. The second-order valence-corrected chi connectivity index (χ2v) is 4.60. The molecule has 1 N–H and O–H groups in total. The zero-order valence-corrected chi connectivity index (χ0v) is 11.8. The molecule has 4 heteroatoms. The van der Waals surface area contributed by atoms with Crippen molar-refractivity contribution in [3.05, 3.63) is 0 Å². The van der Waals surface area contributed by atoms with Crippen molar-refractivity contribution in [2.24, 2.45) is 0 Å². The lowest BCUT2D eigenvalue weighted by molar-refractivity contribution is -0.129. The first kappa shape index (κ1) is 16.4. The first-order valence-electron chi connectivity index (χ1n) is 6.63. The highest BCUT2D eigenvalue weighted by Crippen LogP contribution is 1.93. The van der Waals surface area contributed by atoms with E-state index < -0.39 is 0 Å². The van der Waals surface area contributed by atoms with Crippen LogP contribution in [0.4, 0.5) is 0 Å². The highest BCUT2D eigenvalue weighted by atomic mass is 16.5. The van der Waals surface area contributed by atoms with Crippen LogP contribution < -0.4 is 5.32 Å². The summed E-state index contributed by atoms with van der Waals surface area (Å²) < 4.78 is 5.50. The molecule has 4 nitrogen and oxygen atoms in total. The van der Waals surface area contributed by atoms with Crippen molar-refractivity contribution in [3.63, 3.8) is 0 Å². The molecule has 102 valence electrons. The maximum atomic E-state index is 11.3. The number of nitrogens with one attached hydrogen (secondary N) is 1. The standard InChI is InChI=1S/C13H28N2O2/c1-5-13(16)15(4)9-7-11-17-10-6-8-14-12(2)3/h12,14H,5-11H2,1-4H3. The van der Waals surface area contributed by atoms with Crippen LogP contribution in [0.2, 0.25) is 0 Å². The van der Waals surface area contributed by atoms with E-state index in [-0.39, 0.29) is 5.91 Å². The van der Waals surface area contributed by atoms with Gasteiger partial charge in [-0.2, -0.15) is 0 Å². The van der Waals surface area contributed by atoms with Gasteiger partial charge in [0.1, 0.15) is 0 Å². The van der Waals surface area contributed by atoms with Crippen LogP contribution in [0.15, 0.2) is 0 Å². The lowest BCUT2D eigenvalue weighted by Gasteiger charge is -2.16. The van der Waals surface area contributed by atoms with Crippen LogP contribution in [0.1, 0.15) is 40.0 Å². The van der Waals surface area contributed by atoms with Crippen molar-refractivity contribution in [2.45, 2.75) is 46.1 Å². The second kappa shape index (κ2) is 10.5. The summed E-state index contributed by atoms with van der Waals surface area (Å²) in [6.07, 6.45) is 2.54. The molecule has 0 bridgehead atoms. The van der Waals surface area contributed by atoms with Gasteiger partial charge in [0.15, 0.2) is 0 Å². The van der Waals surface area contributed by atoms with Crippen molar-refractivity contribution in [3.8, 4) is 0 Å². The normalized spacial score (nSPS) is 10.9. The molecular weight excluding hydrogens is 216 g/mol. The van der Waals surface area contributed by atoms with Crippen LogP contribution in [0, 0.1) is 0 Å². The summed E-state index contributed by atoms with van der Waals surface area (Å²) in [6.45, 7) is 9.50. The van der Waals surface area contributed by atoms with E-state index in [1.54, 1.807) is 4.90 Å². The summed E-state index contributed by atoms with van der Waals surface area (Å²) in [5, 5.41) is 3.34. The SMILES string of the molecule is CCC(=O)N(C)CCCOCCCNC(C)C. The van der Waals surface area contributed by atoms with Gasteiger partial charge in [0.2, 0.25) is 5.91 Å². The van der Waals surface area contributed by atoms with Crippen LogP contribution in [-0.4, -0.2) is 50.2 Å². The summed E-state index contributed by atoms with van der Waals surface area (Å²) in [6, 6.07) is 0.545. The smallest absolute Gasteiger partial charge is 0.222 e. The Bertz CT molecular complexity index is 196. The van der Waals surface area contributed by atoms with Crippen molar-refractivity contribution < 1.29 is 9.53 Å². The van der Waals surface area contributed by atoms with Crippen LogP contribution in [0.5, 0.6) is 0 Å². The third-order valence-corrected chi connectivity index (χ3v) is 2.53. The van der Waals surface area contributed by atoms with Gasteiger partial charge in [0, 0.05) is 39.3 Å². The second-order valence-electron chi connectivity index (χ2n) is 4.60. The van der Waals surface area contributed by atoms with Gasteiger partial charge in [0.25, 0.3) is 0 Å². The number of hydrogen-bond donors (Lipinski definition) is 1. The first-order valence-corrected chi connectivity index (χ1v) is 6.63. The molecule has 0 fully saturated rings. The molecule has 0 saturated heterocycles. The van der Waals surface area contributed by atoms with Gasteiger partial charge < -0.3 is 15.0 Å². The highest BCUT2D eigenvalue weighted by molar-refractivity contribution is 5.75. The van der Waals surface area contributed by atoms with Crippen LogP contribution >= 0.6 is 0 Å². The van der Waals surface area contributed by atoms with Crippen molar-refractivity contribution in [1.29, 1.82) is 0 Å². The number of ether oxygens (including phenoxy) is 1. The highest BCUT2D eigenvalue weighted by Gasteiger charge is 2.04. The number of nitrogens with zero attached hydrogens (tertiary/aromatic N) is 1. The fraction of sp³-hybridized carbons (Fsp3) is 0.923. The summed E-state index contributed by atoms with van der Waals surface area (Å²) in [4.78, 5) is 13.0. The summed E-state index contributed by atoms with van der Waals surface area (Å²) in [5.74, 6) is 0.200. The number of amides is 1. The molecule has 0 unspecified atom stereocenters. The fourth-order valence-electron chi connectivity index (χ4n) is 1.47.